The summed E-state index contributed by atoms with van der Waals surface area (Å²) >= 11 is 0. The van der Waals surface area contributed by atoms with Gasteiger partial charge in [0.25, 0.3) is 0 Å². The topological polar surface area (TPSA) is 12.0 Å². The second kappa shape index (κ2) is 3.02. The Labute approximate surface area is 74.2 Å². The quantitative estimate of drug-likeness (QED) is 0.656. The Morgan fingerprint density at radius 2 is 2.00 bits per heavy atom. The van der Waals surface area contributed by atoms with Crippen molar-refractivity contribution >= 4 is 0 Å². The molecule has 1 heterocycles. The number of allylic oxidation sites excluding steroid dienone is 4. The van der Waals surface area contributed by atoms with E-state index in [4.69, 9.17) is 0 Å². The first-order valence-electron chi connectivity index (χ1n) is 4.05. The molecule has 0 aromatic rings. The van der Waals surface area contributed by atoms with Gasteiger partial charge in [0, 0.05) is 11.1 Å². The Bertz CT molecular complexity index is 267. The lowest BCUT2D eigenvalue weighted by Crippen LogP contribution is -2.22. The molecule has 0 saturated heterocycles. The van der Waals surface area contributed by atoms with Crippen molar-refractivity contribution in [3.8, 4) is 0 Å². The van der Waals surface area contributed by atoms with Crippen molar-refractivity contribution in [2.45, 2.75) is 13.8 Å². The molecule has 1 heteroatoms. The molecular formula is C11H15N. The minimum atomic E-state index is 0.0660. The highest BCUT2D eigenvalue weighted by molar-refractivity contribution is 5.40. The van der Waals surface area contributed by atoms with Crippen LogP contribution in [0.3, 0.4) is 0 Å². The van der Waals surface area contributed by atoms with Gasteiger partial charge in [-0.3, -0.25) is 0 Å². The summed E-state index contributed by atoms with van der Waals surface area (Å²) in [4.78, 5) is 0. The van der Waals surface area contributed by atoms with Gasteiger partial charge in [0.1, 0.15) is 0 Å². The molecule has 0 aromatic heterocycles. The number of hydrogen-bond acceptors (Lipinski definition) is 1. The fourth-order valence-corrected chi connectivity index (χ4v) is 1.40. The van der Waals surface area contributed by atoms with E-state index in [2.05, 4.69) is 38.4 Å². The average Bonchev–Trinajstić information content (AvgIpc) is 2.02. The molecule has 0 aliphatic carbocycles. The number of nitrogens with one attached hydrogen (secondary N) is 1. The SMILES string of the molecule is C=CC1=C(C=C)C(C)(C)C=CN1. The molecule has 1 nitrogen and oxygen atoms in total. The molecular weight excluding hydrogens is 146 g/mol. The summed E-state index contributed by atoms with van der Waals surface area (Å²) in [7, 11) is 0. The number of dihydropyridines is 1. The lowest BCUT2D eigenvalue weighted by Gasteiger charge is -2.28. The van der Waals surface area contributed by atoms with Gasteiger partial charge in [-0.15, -0.1) is 0 Å². The summed E-state index contributed by atoms with van der Waals surface area (Å²) < 4.78 is 0. The minimum absolute atomic E-state index is 0.0660. The summed E-state index contributed by atoms with van der Waals surface area (Å²) in [6.45, 7) is 11.9. The highest BCUT2D eigenvalue weighted by atomic mass is 14.9. The van der Waals surface area contributed by atoms with Crippen LogP contribution in [0.15, 0.2) is 48.9 Å². The second-order valence-corrected chi connectivity index (χ2v) is 3.43. The van der Waals surface area contributed by atoms with Gasteiger partial charge in [0.15, 0.2) is 0 Å². The van der Waals surface area contributed by atoms with E-state index >= 15 is 0 Å². The van der Waals surface area contributed by atoms with Crippen molar-refractivity contribution < 1.29 is 0 Å². The molecule has 12 heavy (non-hydrogen) atoms. The van der Waals surface area contributed by atoms with E-state index < -0.39 is 0 Å². The van der Waals surface area contributed by atoms with Crippen LogP contribution in [0.1, 0.15) is 13.8 Å². The number of rotatable bonds is 2. The standard InChI is InChI=1S/C11H15N/c1-5-9-10(6-2)12-8-7-11(9,3)4/h5-8,12H,1-2H2,3-4H3. The molecule has 0 saturated carbocycles. The van der Waals surface area contributed by atoms with Crippen molar-refractivity contribution in [3.63, 3.8) is 0 Å². The van der Waals surface area contributed by atoms with E-state index in [1.54, 1.807) is 0 Å². The fraction of sp³-hybridized carbons (Fsp3) is 0.273. The predicted octanol–water partition coefficient (Wildman–Crippen LogP) is 2.76. The third-order valence-corrected chi connectivity index (χ3v) is 2.13. The fourth-order valence-electron chi connectivity index (χ4n) is 1.40. The molecule has 0 bridgehead atoms. The van der Waals surface area contributed by atoms with Gasteiger partial charge in [-0.1, -0.05) is 39.2 Å². The third kappa shape index (κ3) is 1.35. The van der Waals surface area contributed by atoms with Gasteiger partial charge in [0.2, 0.25) is 0 Å². The van der Waals surface area contributed by atoms with Gasteiger partial charge < -0.3 is 5.32 Å². The molecule has 1 N–H and O–H groups in total. The van der Waals surface area contributed by atoms with Crippen molar-refractivity contribution in [2.75, 3.05) is 0 Å². The van der Waals surface area contributed by atoms with Crippen LogP contribution in [-0.2, 0) is 0 Å². The Hall–Kier alpha value is -1.24. The smallest absolute Gasteiger partial charge is 0.0414 e. The first kappa shape index (κ1) is 8.85. The Morgan fingerprint density at radius 1 is 1.33 bits per heavy atom. The van der Waals surface area contributed by atoms with Crippen LogP contribution in [0.2, 0.25) is 0 Å². The van der Waals surface area contributed by atoms with E-state index in [0.29, 0.717) is 0 Å². The summed E-state index contributed by atoms with van der Waals surface area (Å²) in [5.74, 6) is 0. The zero-order valence-corrected chi connectivity index (χ0v) is 7.72. The van der Waals surface area contributed by atoms with Gasteiger partial charge in [-0.05, 0) is 17.8 Å². The summed E-state index contributed by atoms with van der Waals surface area (Å²) in [5, 5.41) is 3.14. The first-order chi connectivity index (χ1) is 5.61. The molecule has 0 fully saturated rings. The van der Waals surface area contributed by atoms with E-state index in [9.17, 15) is 0 Å². The van der Waals surface area contributed by atoms with Crippen molar-refractivity contribution in [1.29, 1.82) is 0 Å². The summed E-state index contributed by atoms with van der Waals surface area (Å²) in [5.41, 5.74) is 2.31. The molecule has 0 atom stereocenters. The molecule has 0 radical (unpaired) electrons. The normalized spacial score (nSPS) is 20.2. The molecule has 0 unspecified atom stereocenters. The maximum atomic E-state index is 3.80. The van der Waals surface area contributed by atoms with E-state index in [1.165, 1.54) is 5.57 Å². The van der Waals surface area contributed by atoms with Gasteiger partial charge in [-0.2, -0.15) is 0 Å². The molecule has 1 aliphatic heterocycles. The summed E-state index contributed by atoms with van der Waals surface area (Å²) in [6, 6.07) is 0. The van der Waals surface area contributed by atoms with Crippen LogP contribution in [-0.4, -0.2) is 0 Å². The average molecular weight is 161 g/mol. The highest BCUT2D eigenvalue weighted by Crippen LogP contribution is 2.32. The lowest BCUT2D eigenvalue weighted by molar-refractivity contribution is 0.571. The Balaban J connectivity index is 3.15. The van der Waals surface area contributed by atoms with Crippen LogP contribution >= 0.6 is 0 Å². The van der Waals surface area contributed by atoms with Gasteiger partial charge in [0.05, 0.1) is 0 Å². The molecule has 0 spiro atoms. The third-order valence-electron chi connectivity index (χ3n) is 2.13. The molecule has 1 rings (SSSR count). The summed E-state index contributed by atoms with van der Waals surface area (Å²) in [6.07, 6.45) is 7.77. The van der Waals surface area contributed by atoms with Gasteiger partial charge >= 0.3 is 0 Å². The second-order valence-electron chi connectivity index (χ2n) is 3.43. The first-order valence-corrected chi connectivity index (χ1v) is 4.05. The van der Waals surface area contributed by atoms with Crippen molar-refractivity contribution in [2.24, 2.45) is 5.41 Å². The van der Waals surface area contributed by atoms with Crippen molar-refractivity contribution in [3.05, 3.63) is 48.9 Å². The molecule has 64 valence electrons. The van der Waals surface area contributed by atoms with E-state index in [0.717, 1.165) is 5.70 Å². The van der Waals surface area contributed by atoms with Crippen LogP contribution < -0.4 is 5.32 Å². The predicted molar refractivity (Wildman–Crippen MR) is 53.5 cm³/mol. The van der Waals surface area contributed by atoms with Crippen LogP contribution in [0.25, 0.3) is 0 Å². The van der Waals surface area contributed by atoms with Crippen molar-refractivity contribution in [1.82, 2.24) is 5.32 Å². The van der Waals surface area contributed by atoms with Crippen LogP contribution in [0, 0.1) is 5.41 Å². The maximum Gasteiger partial charge on any atom is 0.0414 e. The van der Waals surface area contributed by atoms with Crippen LogP contribution in [0.4, 0.5) is 0 Å². The van der Waals surface area contributed by atoms with E-state index in [-0.39, 0.29) is 5.41 Å². The number of hydrogen-bond donors (Lipinski definition) is 1. The van der Waals surface area contributed by atoms with Crippen LogP contribution in [0.5, 0.6) is 0 Å². The Morgan fingerprint density at radius 3 is 2.42 bits per heavy atom. The minimum Gasteiger partial charge on any atom is -0.362 e. The monoisotopic (exact) mass is 161 g/mol. The highest BCUT2D eigenvalue weighted by Gasteiger charge is 2.22. The van der Waals surface area contributed by atoms with E-state index in [1.807, 2.05) is 18.4 Å². The van der Waals surface area contributed by atoms with Gasteiger partial charge in [-0.25, -0.2) is 0 Å². The lowest BCUT2D eigenvalue weighted by atomic mass is 9.81. The molecule has 0 aromatic carbocycles. The Kier molecular flexibility index (Phi) is 2.22. The maximum absolute atomic E-state index is 3.80. The zero-order chi connectivity index (χ0) is 9.19. The molecule has 0 amide bonds. The molecule has 1 aliphatic rings. The largest absolute Gasteiger partial charge is 0.362 e. The zero-order valence-electron chi connectivity index (χ0n) is 7.72.